The molecule has 13 heteroatoms. The van der Waals surface area contributed by atoms with Crippen molar-refractivity contribution < 1.29 is 38.1 Å². The molecule has 1 fully saturated rings. The lowest BCUT2D eigenvalue weighted by Gasteiger charge is -2.24. The van der Waals surface area contributed by atoms with E-state index in [0.717, 1.165) is 11.3 Å². The van der Waals surface area contributed by atoms with Crippen LogP contribution in [0.2, 0.25) is 5.02 Å². The number of hydrogen-bond donors (Lipinski definition) is 3. The Morgan fingerprint density at radius 3 is 2.73 bits per heavy atom. The number of carbonyl (C=O) groups is 4. The van der Waals surface area contributed by atoms with Crippen molar-refractivity contribution in [3.63, 3.8) is 0 Å². The normalized spacial score (nSPS) is 21.9. The van der Waals surface area contributed by atoms with E-state index in [9.17, 15) is 28.7 Å². The number of rotatable bonds is 3. The number of amides is 3. The summed E-state index contributed by atoms with van der Waals surface area (Å²) in [4.78, 5) is 52.5. The highest BCUT2D eigenvalue weighted by molar-refractivity contribution is 7.12. The summed E-state index contributed by atoms with van der Waals surface area (Å²) in [5, 5.41) is 17.0. The highest BCUT2D eigenvalue weighted by Crippen LogP contribution is 2.30. The third-order valence-corrected chi connectivity index (χ3v) is 8.35. The van der Waals surface area contributed by atoms with E-state index in [2.05, 4.69) is 10.6 Å². The van der Waals surface area contributed by atoms with E-state index in [1.165, 1.54) is 12.1 Å². The Morgan fingerprint density at radius 1 is 1.09 bits per heavy atom. The number of carboxylic acid groups (broad SMARTS) is 1. The van der Waals surface area contributed by atoms with Crippen LogP contribution in [0.4, 0.5) is 4.39 Å². The maximum absolute atomic E-state index is 14.7. The molecule has 230 valence electrons. The largest absolute Gasteiger partial charge is 0.491 e. The second kappa shape index (κ2) is 14.0. The monoisotopic (exact) mass is 641 g/mol. The Hall–Kier alpha value is -4.26. The number of carbonyl (C=O) groups excluding carboxylic acids is 3. The summed E-state index contributed by atoms with van der Waals surface area (Å²) < 4.78 is 26.1. The topological polar surface area (TPSA) is 134 Å². The van der Waals surface area contributed by atoms with Gasteiger partial charge in [-0.2, -0.15) is 0 Å². The maximum Gasteiger partial charge on any atom is 0.328 e. The fourth-order valence-corrected chi connectivity index (χ4v) is 6.03. The molecule has 2 aliphatic rings. The minimum Gasteiger partial charge on any atom is -0.491 e. The lowest BCUT2D eigenvalue weighted by atomic mass is 10.1. The minimum atomic E-state index is -1.30. The van der Waals surface area contributed by atoms with Crippen LogP contribution in [0, 0.1) is 5.82 Å². The summed E-state index contributed by atoms with van der Waals surface area (Å²) in [6.45, 7) is 0.0416. The predicted octanol–water partition coefficient (Wildman–Crippen LogP) is 4.15. The average Bonchev–Trinajstić information content (AvgIpc) is 3.64. The first kappa shape index (κ1) is 31.2. The van der Waals surface area contributed by atoms with Gasteiger partial charge in [0.25, 0.3) is 11.8 Å². The summed E-state index contributed by atoms with van der Waals surface area (Å²) in [7, 11) is 0. The highest BCUT2D eigenvalue weighted by Gasteiger charge is 2.36. The van der Waals surface area contributed by atoms with E-state index < -0.39 is 29.8 Å². The molecule has 3 aromatic rings. The van der Waals surface area contributed by atoms with Crippen molar-refractivity contribution in [3.05, 3.63) is 87.3 Å². The molecule has 1 saturated heterocycles. The molecule has 2 aliphatic heterocycles. The van der Waals surface area contributed by atoms with Crippen LogP contribution in [-0.2, 0) is 14.3 Å². The van der Waals surface area contributed by atoms with Crippen LogP contribution in [0.15, 0.2) is 66.1 Å². The van der Waals surface area contributed by atoms with Crippen molar-refractivity contribution in [2.24, 2.45) is 0 Å². The molecule has 3 amide bonds. The quantitative estimate of drug-likeness (QED) is 0.366. The van der Waals surface area contributed by atoms with Gasteiger partial charge in [-0.05, 0) is 59.3 Å². The molecule has 10 nitrogen and oxygen atoms in total. The van der Waals surface area contributed by atoms with Gasteiger partial charge in [-0.15, -0.1) is 11.3 Å². The van der Waals surface area contributed by atoms with Gasteiger partial charge < -0.3 is 30.1 Å². The molecule has 3 heterocycles. The van der Waals surface area contributed by atoms with Crippen molar-refractivity contribution >= 4 is 46.6 Å². The number of nitrogens with one attached hydrogen (secondary N) is 2. The van der Waals surface area contributed by atoms with E-state index in [4.69, 9.17) is 21.1 Å². The zero-order chi connectivity index (χ0) is 31.2. The summed E-state index contributed by atoms with van der Waals surface area (Å²) in [5.41, 5.74) is 1.40. The molecule has 0 spiro atoms. The zero-order valence-corrected chi connectivity index (χ0v) is 24.9. The second-order valence-corrected chi connectivity index (χ2v) is 11.7. The van der Waals surface area contributed by atoms with Crippen LogP contribution in [0.5, 0.6) is 5.75 Å². The fourth-order valence-electron chi connectivity index (χ4n) is 5.02. The number of aliphatic carboxylic acids is 1. The molecule has 4 bridgehead atoms. The summed E-state index contributed by atoms with van der Waals surface area (Å²) in [6, 6.07) is 10.2. The molecular formula is C31H29ClFN3O7S. The SMILES string of the molecule is O=C(N[C@H]1C[C@H]2COc3cc(F)cc(c3)-c3csc(c3)C(=O)N[C@H](C(=O)O)COC/C=C\CC(=O)N2C1)c1cccc(Cl)c1. The minimum absolute atomic E-state index is 0.0254. The van der Waals surface area contributed by atoms with Gasteiger partial charge in [0.15, 0.2) is 6.04 Å². The molecule has 1 aromatic heterocycles. The van der Waals surface area contributed by atoms with Gasteiger partial charge in [0.2, 0.25) is 5.91 Å². The highest BCUT2D eigenvalue weighted by atomic mass is 35.5. The molecule has 0 radical (unpaired) electrons. The van der Waals surface area contributed by atoms with E-state index in [-0.39, 0.29) is 61.3 Å². The van der Waals surface area contributed by atoms with Gasteiger partial charge in [-0.25, -0.2) is 9.18 Å². The van der Waals surface area contributed by atoms with Crippen LogP contribution in [0.3, 0.4) is 0 Å². The zero-order valence-electron chi connectivity index (χ0n) is 23.3. The molecule has 5 rings (SSSR count). The Bertz CT molecular complexity index is 1600. The first-order chi connectivity index (χ1) is 21.2. The Morgan fingerprint density at radius 2 is 1.93 bits per heavy atom. The van der Waals surface area contributed by atoms with Crippen LogP contribution >= 0.6 is 22.9 Å². The first-order valence-corrected chi connectivity index (χ1v) is 15.1. The number of carboxylic acids is 1. The molecule has 3 atom stereocenters. The first-order valence-electron chi connectivity index (χ1n) is 13.8. The van der Waals surface area contributed by atoms with Gasteiger partial charge in [0.05, 0.1) is 24.1 Å². The molecule has 0 unspecified atom stereocenters. The second-order valence-electron chi connectivity index (χ2n) is 10.4. The lowest BCUT2D eigenvalue weighted by Crippen LogP contribution is -2.43. The molecule has 0 saturated carbocycles. The summed E-state index contributed by atoms with van der Waals surface area (Å²) >= 11 is 7.13. The number of halogens is 2. The van der Waals surface area contributed by atoms with Gasteiger partial charge >= 0.3 is 5.97 Å². The van der Waals surface area contributed by atoms with Gasteiger partial charge in [-0.3, -0.25) is 14.4 Å². The van der Waals surface area contributed by atoms with Crippen LogP contribution in [0.1, 0.15) is 32.9 Å². The molecule has 3 N–H and O–H groups in total. The van der Waals surface area contributed by atoms with Crippen LogP contribution in [-0.4, -0.2) is 78.2 Å². The van der Waals surface area contributed by atoms with Crippen molar-refractivity contribution in [1.82, 2.24) is 15.5 Å². The van der Waals surface area contributed by atoms with E-state index in [1.807, 2.05) is 0 Å². The molecular weight excluding hydrogens is 613 g/mol. The average molecular weight is 642 g/mol. The van der Waals surface area contributed by atoms with E-state index >= 15 is 0 Å². The van der Waals surface area contributed by atoms with Crippen molar-refractivity contribution in [2.75, 3.05) is 26.4 Å². The third-order valence-electron chi connectivity index (χ3n) is 7.19. The third kappa shape index (κ3) is 7.81. The van der Waals surface area contributed by atoms with E-state index in [0.29, 0.717) is 28.1 Å². The van der Waals surface area contributed by atoms with Crippen molar-refractivity contribution in [3.8, 4) is 16.9 Å². The fraction of sp³-hybridized carbons (Fsp3) is 0.290. The number of ether oxygens (including phenoxy) is 2. The van der Waals surface area contributed by atoms with Crippen molar-refractivity contribution in [1.29, 1.82) is 0 Å². The number of nitrogens with zero attached hydrogens (tertiary/aromatic N) is 1. The summed E-state index contributed by atoms with van der Waals surface area (Å²) in [6.07, 6.45) is 3.64. The van der Waals surface area contributed by atoms with Crippen LogP contribution in [0.25, 0.3) is 11.1 Å². The number of hydrogen-bond acceptors (Lipinski definition) is 7. The Labute approximate surface area is 261 Å². The smallest absolute Gasteiger partial charge is 0.328 e. The van der Waals surface area contributed by atoms with Gasteiger partial charge in [0, 0.05) is 35.7 Å². The van der Waals surface area contributed by atoms with Gasteiger partial charge in [0.1, 0.15) is 18.2 Å². The van der Waals surface area contributed by atoms with Gasteiger partial charge in [-0.1, -0.05) is 29.8 Å². The Kier molecular flexibility index (Phi) is 9.93. The molecule has 0 aliphatic carbocycles. The summed E-state index contributed by atoms with van der Waals surface area (Å²) in [5.74, 6) is -2.73. The molecule has 2 aromatic carbocycles. The van der Waals surface area contributed by atoms with Crippen molar-refractivity contribution in [2.45, 2.75) is 31.0 Å². The Balaban J connectivity index is 1.38. The molecule has 44 heavy (non-hydrogen) atoms. The predicted molar refractivity (Wildman–Crippen MR) is 161 cm³/mol. The maximum atomic E-state index is 14.7. The number of benzene rings is 2. The standard InChI is InChI=1S/C31H29ClFN3O7S/c32-21-5-3-4-18(8-21)29(38)34-23-13-24-15-43-25-10-19(9-22(33)12-25)20-11-27(44-17-20)30(39)35-26(31(40)41)16-42-7-2-1-6-28(37)36(24)14-23/h1-5,8-12,17,23-24,26H,6-7,13-16H2,(H,34,38)(H,35,39)(H,40,41)/b2-1-/t23-,24-,26-/m0/s1. The van der Waals surface area contributed by atoms with E-state index in [1.54, 1.807) is 58.8 Å². The number of thiophene rings is 1. The van der Waals surface area contributed by atoms with Crippen LogP contribution < -0.4 is 15.4 Å². The lowest BCUT2D eigenvalue weighted by molar-refractivity contribution is -0.140. The number of fused-ring (bicyclic) bond motifs is 6.